The van der Waals surface area contributed by atoms with Crippen molar-refractivity contribution < 1.29 is 14.1 Å². The molecule has 1 heterocycles. The van der Waals surface area contributed by atoms with Crippen LogP contribution >= 0.6 is 0 Å². The van der Waals surface area contributed by atoms with E-state index in [0.29, 0.717) is 16.9 Å². The van der Waals surface area contributed by atoms with E-state index < -0.39 is 5.92 Å². The first-order valence-electron chi connectivity index (χ1n) is 8.04. The van der Waals surface area contributed by atoms with Gasteiger partial charge < -0.3 is 4.42 Å². The first kappa shape index (κ1) is 15.3. The molecule has 1 unspecified atom stereocenters. The molecule has 124 valence electrons. The Morgan fingerprint density at radius 2 is 1.56 bits per heavy atom. The monoisotopic (exact) mass is 333 g/mol. The highest BCUT2D eigenvalue weighted by Gasteiger charge is 2.39. The zero-order chi connectivity index (χ0) is 17.4. The SMILES string of the molecule is O=C1c2ccccc2C(C(C[N+](=O)[O-])c2ccco2)c2ccccc21. The molecule has 0 aliphatic heterocycles. The molecule has 0 fully saturated rings. The number of carbonyl (C=O) groups is 1. The topological polar surface area (TPSA) is 73.3 Å². The molecular weight excluding hydrogens is 318 g/mol. The fourth-order valence-electron chi connectivity index (χ4n) is 3.72. The van der Waals surface area contributed by atoms with Crippen molar-refractivity contribution >= 4 is 5.78 Å². The van der Waals surface area contributed by atoms with Crippen molar-refractivity contribution in [3.8, 4) is 0 Å². The molecular formula is C20H15NO4. The van der Waals surface area contributed by atoms with Crippen molar-refractivity contribution in [3.05, 3.63) is 105 Å². The first-order valence-corrected chi connectivity index (χ1v) is 8.04. The van der Waals surface area contributed by atoms with Crippen LogP contribution in [0.3, 0.4) is 0 Å². The van der Waals surface area contributed by atoms with Crippen LogP contribution in [0.4, 0.5) is 0 Å². The van der Waals surface area contributed by atoms with Gasteiger partial charge in [0.25, 0.3) is 0 Å². The van der Waals surface area contributed by atoms with Gasteiger partial charge in [-0.05, 0) is 23.3 Å². The lowest BCUT2D eigenvalue weighted by Gasteiger charge is -2.31. The fraction of sp³-hybridized carbons (Fsp3) is 0.150. The van der Waals surface area contributed by atoms with Gasteiger partial charge in [-0.2, -0.15) is 0 Å². The molecule has 1 atom stereocenters. The van der Waals surface area contributed by atoms with Crippen molar-refractivity contribution in [1.82, 2.24) is 0 Å². The van der Waals surface area contributed by atoms with E-state index in [-0.39, 0.29) is 23.2 Å². The normalized spacial score (nSPS) is 14.6. The third-order valence-electron chi connectivity index (χ3n) is 4.74. The van der Waals surface area contributed by atoms with Crippen LogP contribution in [0.15, 0.2) is 71.3 Å². The zero-order valence-corrected chi connectivity index (χ0v) is 13.3. The van der Waals surface area contributed by atoms with Crippen LogP contribution in [0.2, 0.25) is 0 Å². The van der Waals surface area contributed by atoms with Gasteiger partial charge in [-0.1, -0.05) is 48.5 Å². The number of ketones is 1. The van der Waals surface area contributed by atoms with Crippen molar-refractivity contribution in [1.29, 1.82) is 0 Å². The molecule has 0 saturated carbocycles. The molecule has 3 aromatic rings. The number of hydrogen-bond acceptors (Lipinski definition) is 4. The highest BCUT2D eigenvalue weighted by Crippen LogP contribution is 2.45. The predicted molar refractivity (Wildman–Crippen MR) is 91.5 cm³/mol. The minimum Gasteiger partial charge on any atom is -0.469 e. The minimum absolute atomic E-state index is 0.0400. The molecule has 0 amide bonds. The Labute approximate surface area is 144 Å². The van der Waals surface area contributed by atoms with Crippen LogP contribution in [-0.4, -0.2) is 17.3 Å². The maximum Gasteiger partial charge on any atom is 0.214 e. The number of benzene rings is 2. The summed E-state index contributed by atoms with van der Waals surface area (Å²) in [5.41, 5.74) is 2.83. The summed E-state index contributed by atoms with van der Waals surface area (Å²) in [6, 6.07) is 18.2. The number of carbonyl (C=O) groups excluding carboxylic acids is 1. The van der Waals surface area contributed by atoms with Crippen molar-refractivity contribution in [2.45, 2.75) is 11.8 Å². The van der Waals surface area contributed by atoms with Gasteiger partial charge in [-0.15, -0.1) is 0 Å². The molecule has 2 aromatic carbocycles. The second-order valence-corrected chi connectivity index (χ2v) is 6.12. The van der Waals surface area contributed by atoms with Gasteiger partial charge in [0.15, 0.2) is 5.78 Å². The predicted octanol–water partition coefficient (Wildman–Crippen LogP) is 4.02. The molecule has 1 aliphatic carbocycles. The van der Waals surface area contributed by atoms with Gasteiger partial charge >= 0.3 is 0 Å². The summed E-state index contributed by atoms with van der Waals surface area (Å²) in [6.07, 6.45) is 1.52. The number of nitro groups is 1. The average molecular weight is 333 g/mol. The number of fused-ring (bicyclic) bond motifs is 2. The molecule has 0 spiro atoms. The fourth-order valence-corrected chi connectivity index (χ4v) is 3.72. The van der Waals surface area contributed by atoms with Crippen LogP contribution in [0.5, 0.6) is 0 Å². The standard InChI is InChI=1S/C20H15NO4/c22-20-15-8-3-1-6-13(15)19(14-7-2-4-9-16(14)20)17(12-21(23)24)18-10-5-11-25-18/h1-11,17,19H,12H2. The van der Waals surface area contributed by atoms with Crippen molar-refractivity contribution in [3.63, 3.8) is 0 Å². The van der Waals surface area contributed by atoms with Gasteiger partial charge in [-0.3, -0.25) is 14.9 Å². The average Bonchev–Trinajstić information content (AvgIpc) is 3.15. The number of nitrogens with zero attached hydrogens (tertiary/aromatic N) is 1. The van der Waals surface area contributed by atoms with E-state index in [1.165, 1.54) is 6.26 Å². The molecule has 5 heteroatoms. The summed E-state index contributed by atoms with van der Waals surface area (Å²) in [6.45, 7) is -0.269. The second kappa shape index (κ2) is 6.02. The molecule has 0 radical (unpaired) electrons. The summed E-state index contributed by atoms with van der Waals surface area (Å²) < 4.78 is 5.52. The lowest BCUT2D eigenvalue weighted by Crippen LogP contribution is -2.27. The minimum atomic E-state index is -0.486. The molecule has 0 bridgehead atoms. The molecule has 5 nitrogen and oxygen atoms in total. The lowest BCUT2D eigenvalue weighted by atomic mass is 9.71. The smallest absolute Gasteiger partial charge is 0.214 e. The Bertz CT molecular complexity index is 896. The highest BCUT2D eigenvalue weighted by atomic mass is 16.6. The second-order valence-electron chi connectivity index (χ2n) is 6.12. The molecule has 25 heavy (non-hydrogen) atoms. The Balaban J connectivity index is 1.95. The Kier molecular flexibility index (Phi) is 3.69. The van der Waals surface area contributed by atoms with Gasteiger partial charge in [0, 0.05) is 22.0 Å². The molecule has 4 rings (SSSR count). The molecule has 0 N–H and O–H groups in total. The van der Waals surface area contributed by atoms with E-state index >= 15 is 0 Å². The van der Waals surface area contributed by atoms with Crippen LogP contribution in [0, 0.1) is 10.1 Å². The summed E-state index contributed by atoms with van der Waals surface area (Å²) in [5, 5.41) is 11.3. The number of furan rings is 1. The van der Waals surface area contributed by atoms with Crippen LogP contribution in [0.25, 0.3) is 0 Å². The van der Waals surface area contributed by atoms with E-state index in [1.807, 2.05) is 36.4 Å². The largest absolute Gasteiger partial charge is 0.469 e. The third kappa shape index (κ3) is 2.54. The summed E-state index contributed by atoms with van der Waals surface area (Å²) in [4.78, 5) is 23.8. The Hall–Kier alpha value is -3.21. The molecule has 1 aromatic heterocycles. The van der Waals surface area contributed by atoms with Gasteiger partial charge in [0.2, 0.25) is 6.54 Å². The van der Waals surface area contributed by atoms with Gasteiger partial charge in [0.05, 0.1) is 12.2 Å². The van der Waals surface area contributed by atoms with Crippen LogP contribution < -0.4 is 0 Å². The van der Waals surface area contributed by atoms with Crippen LogP contribution in [0.1, 0.15) is 44.6 Å². The Morgan fingerprint density at radius 1 is 0.960 bits per heavy atom. The van der Waals surface area contributed by atoms with E-state index in [2.05, 4.69) is 0 Å². The van der Waals surface area contributed by atoms with Crippen molar-refractivity contribution in [2.24, 2.45) is 0 Å². The van der Waals surface area contributed by atoms with Crippen LogP contribution in [-0.2, 0) is 0 Å². The van der Waals surface area contributed by atoms with Gasteiger partial charge in [-0.25, -0.2) is 0 Å². The Morgan fingerprint density at radius 3 is 2.08 bits per heavy atom. The molecule has 0 saturated heterocycles. The zero-order valence-electron chi connectivity index (χ0n) is 13.3. The maximum atomic E-state index is 12.8. The number of hydrogen-bond donors (Lipinski definition) is 0. The van der Waals surface area contributed by atoms with E-state index in [0.717, 1.165) is 11.1 Å². The first-order chi connectivity index (χ1) is 12.2. The summed E-state index contributed by atoms with van der Waals surface area (Å²) in [5.74, 6) is -0.274. The van der Waals surface area contributed by atoms with E-state index in [9.17, 15) is 14.9 Å². The van der Waals surface area contributed by atoms with E-state index in [4.69, 9.17) is 4.42 Å². The summed E-state index contributed by atoms with van der Waals surface area (Å²) in [7, 11) is 0. The molecule has 1 aliphatic rings. The van der Waals surface area contributed by atoms with Crippen molar-refractivity contribution in [2.75, 3.05) is 6.54 Å². The lowest BCUT2D eigenvalue weighted by molar-refractivity contribution is -0.484. The van der Waals surface area contributed by atoms with Gasteiger partial charge in [0.1, 0.15) is 5.76 Å². The quantitative estimate of drug-likeness (QED) is 0.534. The van der Waals surface area contributed by atoms with E-state index in [1.54, 1.807) is 24.3 Å². The number of rotatable bonds is 4. The summed E-state index contributed by atoms with van der Waals surface area (Å²) >= 11 is 0. The third-order valence-corrected chi connectivity index (χ3v) is 4.74. The highest BCUT2D eigenvalue weighted by molar-refractivity contribution is 6.12. The maximum absolute atomic E-state index is 12.8.